The lowest BCUT2D eigenvalue weighted by atomic mass is 10.1. The molecule has 6 heteroatoms. The van der Waals surface area contributed by atoms with Crippen molar-refractivity contribution in [3.8, 4) is 0 Å². The van der Waals surface area contributed by atoms with Gasteiger partial charge in [0.05, 0.1) is 5.25 Å². The SMILES string of the molecule is CC(C)S(=O)(=O)NCC(c1cn(C)c2ccccc12)N(C)C. The van der Waals surface area contributed by atoms with E-state index in [1.807, 2.05) is 38.2 Å². The molecule has 1 N–H and O–H groups in total. The van der Waals surface area contributed by atoms with Crippen molar-refractivity contribution < 1.29 is 8.42 Å². The summed E-state index contributed by atoms with van der Waals surface area (Å²) in [6.07, 6.45) is 2.08. The fourth-order valence-electron chi connectivity index (χ4n) is 2.57. The van der Waals surface area contributed by atoms with E-state index in [-0.39, 0.29) is 6.04 Å². The van der Waals surface area contributed by atoms with Crippen LogP contribution < -0.4 is 4.72 Å². The number of nitrogens with one attached hydrogen (secondary N) is 1. The zero-order valence-electron chi connectivity index (χ0n) is 13.9. The lowest BCUT2D eigenvalue weighted by Gasteiger charge is -2.25. The predicted molar refractivity (Wildman–Crippen MR) is 91.4 cm³/mol. The Hall–Kier alpha value is -1.37. The molecule has 0 aliphatic heterocycles. The van der Waals surface area contributed by atoms with E-state index in [0.29, 0.717) is 6.54 Å². The first-order valence-electron chi connectivity index (χ1n) is 7.43. The molecule has 5 nitrogen and oxygen atoms in total. The average molecular weight is 323 g/mol. The Labute approximate surface area is 133 Å². The number of likely N-dealkylation sites (N-methyl/N-ethyl adjacent to an activating group) is 1. The van der Waals surface area contributed by atoms with Gasteiger partial charge in [-0.1, -0.05) is 18.2 Å². The number of hydrogen-bond acceptors (Lipinski definition) is 3. The minimum Gasteiger partial charge on any atom is -0.350 e. The quantitative estimate of drug-likeness (QED) is 0.886. The van der Waals surface area contributed by atoms with Crippen LogP contribution in [0.1, 0.15) is 25.5 Å². The first kappa shape index (κ1) is 17.0. The van der Waals surface area contributed by atoms with Gasteiger partial charge in [0.1, 0.15) is 0 Å². The van der Waals surface area contributed by atoms with Gasteiger partial charge in [-0.05, 0) is 39.6 Å². The lowest BCUT2D eigenvalue weighted by Crippen LogP contribution is -2.37. The number of benzene rings is 1. The monoisotopic (exact) mass is 323 g/mol. The van der Waals surface area contributed by atoms with Crippen LogP contribution in [0.4, 0.5) is 0 Å². The molecule has 0 spiro atoms. The zero-order chi connectivity index (χ0) is 16.5. The van der Waals surface area contributed by atoms with Crippen molar-refractivity contribution in [2.75, 3.05) is 20.6 Å². The second-order valence-corrected chi connectivity index (χ2v) is 8.46. The topological polar surface area (TPSA) is 54.3 Å². The van der Waals surface area contributed by atoms with E-state index in [4.69, 9.17) is 0 Å². The Morgan fingerprint density at radius 1 is 1.23 bits per heavy atom. The third-order valence-electron chi connectivity index (χ3n) is 4.01. The maximum atomic E-state index is 12.0. The van der Waals surface area contributed by atoms with Crippen molar-refractivity contribution in [3.63, 3.8) is 0 Å². The van der Waals surface area contributed by atoms with E-state index in [1.165, 1.54) is 0 Å². The van der Waals surface area contributed by atoms with E-state index in [9.17, 15) is 8.42 Å². The van der Waals surface area contributed by atoms with Crippen molar-refractivity contribution in [2.24, 2.45) is 7.05 Å². The molecule has 0 aliphatic carbocycles. The van der Waals surface area contributed by atoms with Gasteiger partial charge >= 0.3 is 0 Å². The van der Waals surface area contributed by atoms with E-state index in [0.717, 1.165) is 16.5 Å². The molecular weight excluding hydrogens is 298 g/mol. The Balaban J connectivity index is 2.36. The molecule has 122 valence electrons. The summed E-state index contributed by atoms with van der Waals surface area (Å²) in [4.78, 5) is 2.05. The maximum absolute atomic E-state index is 12.0. The minimum absolute atomic E-state index is 0.0142. The molecule has 2 rings (SSSR count). The van der Waals surface area contributed by atoms with E-state index >= 15 is 0 Å². The normalized spacial score (nSPS) is 14.1. The van der Waals surface area contributed by atoms with Crippen molar-refractivity contribution in [1.82, 2.24) is 14.2 Å². The molecule has 22 heavy (non-hydrogen) atoms. The van der Waals surface area contributed by atoms with Crippen LogP contribution >= 0.6 is 0 Å². The van der Waals surface area contributed by atoms with Crippen molar-refractivity contribution in [2.45, 2.75) is 25.1 Å². The van der Waals surface area contributed by atoms with Gasteiger partial charge in [0, 0.05) is 36.7 Å². The number of nitrogens with zero attached hydrogens (tertiary/aromatic N) is 2. The highest BCUT2D eigenvalue weighted by Gasteiger charge is 2.23. The van der Waals surface area contributed by atoms with E-state index in [1.54, 1.807) is 13.8 Å². The first-order valence-corrected chi connectivity index (χ1v) is 8.97. The summed E-state index contributed by atoms with van der Waals surface area (Å²) < 4.78 is 28.9. The number of aromatic nitrogens is 1. The Bertz CT molecular complexity index is 748. The van der Waals surface area contributed by atoms with Gasteiger partial charge in [-0.15, -0.1) is 0 Å². The average Bonchev–Trinajstić information content (AvgIpc) is 2.76. The van der Waals surface area contributed by atoms with Gasteiger partial charge in [0.25, 0.3) is 0 Å². The number of para-hydroxylation sites is 1. The molecule has 0 bridgehead atoms. The molecule has 1 aromatic heterocycles. The molecule has 1 unspecified atom stereocenters. The van der Waals surface area contributed by atoms with Gasteiger partial charge in [-0.2, -0.15) is 0 Å². The summed E-state index contributed by atoms with van der Waals surface area (Å²) in [5, 5.41) is 0.732. The van der Waals surface area contributed by atoms with E-state index < -0.39 is 15.3 Å². The fourth-order valence-corrected chi connectivity index (χ4v) is 3.29. The number of sulfonamides is 1. The third-order valence-corrected chi connectivity index (χ3v) is 5.82. The summed E-state index contributed by atoms with van der Waals surface area (Å²) in [5.41, 5.74) is 2.28. The Kier molecular flexibility index (Phi) is 4.94. The number of fused-ring (bicyclic) bond motifs is 1. The van der Waals surface area contributed by atoms with Crippen LogP contribution in [0.3, 0.4) is 0 Å². The molecule has 0 saturated heterocycles. The van der Waals surface area contributed by atoms with Crippen LogP contribution in [-0.2, 0) is 17.1 Å². The summed E-state index contributed by atoms with van der Waals surface area (Å²) >= 11 is 0. The Morgan fingerprint density at radius 3 is 2.45 bits per heavy atom. The summed E-state index contributed by atoms with van der Waals surface area (Å²) in [6, 6.07) is 8.16. The zero-order valence-corrected chi connectivity index (χ0v) is 14.7. The molecular formula is C16H25N3O2S. The molecule has 0 fully saturated rings. The largest absolute Gasteiger partial charge is 0.350 e. The van der Waals surface area contributed by atoms with Crippen molar-refractivity contribution in [1.29, 1.82) is 0 Å². The van der Waals surface area contributed by atoms with Crippen LogP contribution in [0.25, 0.3) is 10.9 Å². The Morgan fingerprint density at radius 2 is 1.86 bits per heavy atom. The van der Waals surface area contributed by atoms with Crippen LogP contribution in [0.15, 0.2) is 30.5 Å². The molecule has 1 aromatic carbocycles. The smallest absolute Gasteiger partial charge is 0.213 e. The second kappa shape index (κ2) is 6.40. The molecule has 0 aliphatic rings. The van der Waals surface area contributed by atoms with Crippen molar-refractivity contribution in [3.05, 3.63) is 36.0 Å². The summed E-state index contributed by atoms with van der Waals surface area (Å²) in [6.45, 7) is 3.73. The van der Waals surface area contributed by atoms with Crippen LogP contribution in [0, 0.1) is 0 Å². The minimum atomic E-state index is -3.26. The highest BCUT2D eigenvalue weighted by atomic mass is 32.2. The summed E-state index contributed by atoms with van der Waals surface area (Å²) in [5.74, 6) is 0. The number of rotatable bonds is 6. The fraction of sp³-hybridized carbons (Fsp3) is 0.500. The summed E-state index contributed by atoms with van der Waals surface area (Å²) in [7, 11) is 2.68. The van der Waals surface area contributed by atoms with Gasteiger partial charge < -0.3 is 9.47 Å². The highest BCUT2D eigenvalue weighted by Crippen LogP contribution is 2.28. The third kappa shape index (κ3) is 3.34. The van der Waals surface area contributed by atoms with Gasteiger partial charge in [0.15, 0.2) is 0 Å². The molecule has 1 heterocycles. The predicted octanol–water partition coefficient (Wildman–Crippen LogP) is 2.11. The molecule has 1 atom stereocenters. The molecule has 2 aromatic rings. The van der Waals surface area contributed by atoms with E-state index in [2.05, 4.69) is 27.6 Å². The van der Waals surface area contributed by atoms with Crippen LogP contribution in [-0.4, -0.2) is 43.8 Å². The number of aryl methyl sites for hydroxylation is 1. The first-order chi connectivity index (χ1) is 10.2. The highest BCUT2D eigenvalue weighted by molar-refractivity contribution is 7.90. The molecule has 0 saturated carbocycles. The lowest BCUT2D eigenvalue weighted by molar-refractivity contribution is 0.300. The standard InChI is InChI=1S/C16H25N3O2S/c1-12(2)22(20,21)17-10-16(18(3)4)14-11-19(5)15-9-7-6-8-13(14)15/h6-9,11-12,16-17H,10H2,1-5H3. The van der Waals surface area contributed by atoms with Crippen LogP contribution in [0.2, 0.25) is 0 Å². The second-order valence-electron chi connectivity index (χ2n) is 6.13. The number of hydrogen-bond donors (Lipinski definition) is 1. The maximum Gasteiger partial charge on any atom is 0.213 e. The molecule has 0 radical (unpaired) electrons. The van der Waals surface area contributed by atoms with Gasteiger partial charge in [-0.3, -0.25) is 0 Å². The van der Waals surface area contributed by atoms with Gasteiger partial charge in [-0.25, -0.2) is 13.1 Å². The van der Waals surface area contributed by atoms with Crippen LogP contribution in [0.5, 0.6) is 0 Å². The molecule has 0 amide bonds. The van der Waals surface area contributed by atoms with Crippen molar-refractivity contribution >= 4 is 20.9 Å². The van der Waals surface area contributed by atoms with Gasteiger partial charge in [0.2, 0.25) is 10.0 Å².